The van der Waals surface area contributed by atoms with Crippen molar-refractivity contribution >= 4 is 33.0 Å². The fourth-order valence-electron chi connectivity index (χ4n) is 2.00. The zero-order valence-corrected chi connectivity index (χ0v) is 11.1. The Labute approximate surface area is 118 Å². The first-order valence-electron chi connectivity index (χ1n) is 5.95. The summed E-state index contributed by atoms with van der Waals surface area (Å²) in [5.74, 6) is -1.05. The number of fused-ring (bicyclic) bond motifs is 1. The largest absolute Gasteiger partial charge is 0.507 e. The van der Waals surface area contributed by atoms with Crippen LogP contribution in [0.5, 0.6) is 11.5 Å². The number of aromatic hydroxyl groups is 2. The number of hydrogen-bond acceptors (Lipinski definition) is 4. The number of thiophene rings is 1. The Morgan fingerprint density at radius 3 is 2.55 bits per heavy atom. The van der Waals surface area contributed by atoms with Crippen molar-refractivity contribution in [3.05, 3.63) is 53.4 Å². The minimum absolute atomic E-state index is 0.127. The van der Waals surface area contributed by atoms with Crippen LogP contribution in [0.4, 0.5) is 5.69 Å². The summed E-state index contributed by atoms with van der Waals surface area (Å²) in [4.78, 5) is 12.1. The van der Waals surface area contributed by atoms with Gasteiger partial charge < -0.3 is 15.5 Å². The minimum Gasteiger partial charge on any atom is -0.507 e. The molecule has 20 heavy (non-hydrogen) atoms. The lowest BCUT2D eigenvalue weighted by Gasteiger charge is -2.08. The molecule has 3 rings (SSSR count). The molecule has 4 nitrogen and oxygen atoms in total. The maximum atomic E-state index is 12.1. The smallest absolute Gasteiger partial charge is 0.263 e. The molecule has 1 heterocycles. The standard InChI is InChI=1S/C15H11NO3S/c17-11-2-1-3-12(18)14(11)15(19)16-10-4-5-13-9(8-10)6-7-20-13/h1-8,17-18H,(H,16,19). The van der Waals surface area contributed by atoms with E-state index in [4.69, 9.17) is 0 Å². The average molecular weight is 285 g/mol. The van der Waals surface area contributed by atoms with Gasteiger partial charge in [-0.05, 0) is 47.2 Å². The summed E-state index contributed by atoms with van der Waals surface area (Å²) in [6.45, 7) is 0. The molecule has 0 bridgehead atoms. The van der Waals surface area contributed by atoms with Gasteiger partial charge in [-0.25, -0.2) is 0 Å². The number of benzene rings is 2. The van der Waals surface area contributed by atoms with Crippen molar-refractivity contribution in [2.75, 3.05) is 5.32 Å². The van der Waals surface area contributed by atoms with Gasteiger partial charge in [-0.1, -0.05) is 6.07 Å². The fraction of sp³-hybridized carbons (Fsp3) is 0. The Hall–Kier alpha value is -2.53. The molecule has 0 atom stereocenters. The molecule has 2 aromatic carbocycles. The van der Waals surface area contributed by atoms with E-state index in [0.29, 0.717) is 5.69 Å². The number of carbonyl (C=O) groups excluding carboxylic acids is 1. The predicted molar refractivity (Wildman–Crippen MR) is 79.5 cm³/mol. The zero-order valence-electron chi connectivity index (χ0n) is 10.3. The quantitative estimate of drug-likeness (QED) is 0.674. The third-order valence-corrected chi connectivity index (χ3v) is 3.86. The molecular weight excluding hydrogens is 274 g/mol. The molecule has 1 amide bonds. The first-order valence-corrected chi connectivity index (χ1v) is 6.82. The molecule has 0 fully saturated rings. The second-order valence-electron chi connectivity index (χ2n) is 4.30. The van der Waals surface area contributed by atoms with Gasteiger partial charge in [0.25, 0.3) is 5.91 Å². The van der Waals surface area contributed by atoms with Crippen LogP contribution in [0, 0.1) is 0 Å². The van der Waals surface area contributed by atoms with E-state index < -0.39 is 5.91 Å². The van der Waals surface area contributed by atoms with Gasteiger partial charge in [0.1, 0.15) is 17.1 Å². The third-order valence-electron chi connectivity index (χ3n) is 2.96. The topological polar surface area (TPSA) is 69.6 Å². The molecule has 0 saturated carbocycles. The van der Waals surface area contributed by atoms with Crippen LogP contribution < -0.4 is 5.32 Å². The van der Waals surface area contributed by atoms with Crippen LogP contribution in [0.15, 0.2) is 47.8 Å². The maximum absolute atomic E-state index is 12.1. The van der Waals surface area contributed by atoms with Crippen LogP contribution in [0.3, 0.4) is 0 Å². The number of rotatable bonds is 2. The number of carbonyl (C=O) groups is 1. The van der Waals surface area contributed by atoms with Crippen molar-refractivity contribution in [1.29, 1.82) is 0 Å². The molecule has 3 N–H and O–H groups in total. The molecule has 0 saturated heterocycles. The molecule has 1 aromatic heterocycles. The van der Waals surface area contributed by atoms with Crippen molar-refractivity contribution in [3.8, 4) is 11.5 Å². The molecule has 100 valence electrons. The Morgan fingerprint density at radius 2 is 1.80 bits per heavy atom. The number of hydrogen-bond donors (Lipinski definition) is 3. The van der Waals surface area contributed by atoms with Crippen LogP contribution in [0.25, 0.3) is 10.1 Å². The van der Waals surface area contributed by atoms with Gasteiger partial charge in [0.15, 0.2) is 0 Å². The molecule has 0 aliphatic carbocycles. The molecule has 0 aliphatic rings. The monoisotopic (exact) mass is 285 g/mol. The Balaban J connectivity index is 1.92. The molecular formula is C15H11NO3S. The van der Waals surface area contributed by atoms with Crippen LogP contribution in [-0.2, 0) is 0 Å². The Morgan fingerprint density at radius 1 is 1.05 bits per heavy atom. The minimum atomic E-state index is -0.546. The van der Waals surface area contributed by atoms with Gasteiger partial charge in [0.2, 0.25) is 0 Å². The van der Waals surface area contributed by atoms with Gasteiger partial charge in [-0.2, -0.15) is 0 Å². The van der Waals surface area contributed by atoms with E-state index in [0.717, 1.165) is 10.1 Å². The van der Waals surface area contributed by atoms with E-state index in [1.807, 2.05) is 23.6 Å². The third kappa shape index (κ3) is 2.19. The van der Waals surface area contributed by atoms with E-state index in [-0.39, 0.29) is 17.1 Å². The fourth-order valence-corrected chi connectivity index (χ4v) is 2.77. The highest BCUT2D eigenvalue weighted by Gasteiger charge is 2.16. The second-order valence-corrected chi connectivity index (χ2v) is 5.25. The highest BCUT2D eigenvalue weighted by molar-refractivity contribution is 7.17. The first kappa shape index (κ1) is 12.5. The van der Waals surface area contributed by atoms with Gasteiger partial charge in [-0.15, -0.1) is 11.3 Å². The van der Waals surface area contributed by atoms with Crippen LogP contribution in [0.2, 0.25) is 0 Å². The van der Waals surface area contributed by atoms with Crippen molar-refractivity contribution < 1.29 is 15.0 Å². The second kappa shape index (κ2) is 4.86. The van der Waals surface area contributed by atoms with Crippen LogP contribution in [-0.4, -0.2) is 16.1 Å². The highest BCUT2D eigenvalue weighted by Crippen LogP contribution is 2.28. The molecule has 0 radical (unpaired) electrons. The average Bonchev–Trinajstić information content (AvgIpc) is 2.85. The number of anilines is 1. The number of amides is 1. The van der Waals surface area contributed by atoms with E-state index in [2.05, 4.69) is 5.32 Å². The molecule has 0 spiro atoms. The number of phenolic OH excluding ortho intramolecular Hbond substituents is 2. The highest BCUT2D eigenvalue weighted by atomic mass is 32.1. The summed E-state index contributed by atoms with van der Waals surface area (Å²) >= 11 is 1.62. The number of phenols is 2. The Bertz CT molecular complexity index is 774. The van der Waals surface area contributed by atoms with Crippen molar-refractivity contribution in [2.24, 2.45) is 0 Å². The summed E-state index contributed by atoms with van der Waals surface area (Å²) in [6.07, 6.45) is 0. The van der Waals surface area contributed by atoms with Gasteiger partial charge in [-0.3, -0.25) is 4.79 Å². The Kier molecular flexibility index (Phi) is 3.04. The van der Waals surface area contributed by atoms with Crippen molar-refractivity contribution in [2.45, 2.75) is 0 Å². The van der Waals surface area contributed by atoms with Crippen molar-refractivity contribution in [3.63, 3.8) is 0 Å². The normalized spacial score (nSPS) is 10.6. The van der Waals surface area contributed by atoms with Crippen LogP contribution >= 0.6 is 11.3 Å². The number of nitrogens with one attached hydrogen (secondary N) is 1. The summed E-state index contributed by atoms with van der Waals surface area (Å²) in [7, 11) is 0. The lowest BCUT2D eigenvalue weighted by Crippen LogP contribution is -2.12. The first-order chi connectivity index (χ1) is 9.65. The maximum Gasteiger partial charge on any atom is 0.263 e. The van der Waals surface area contributed by atoms with E-state index in [9.17, 15) is 15.0 Å². The lowest BCUT2D eigenvalue weighted by atomic mass is 10.1. The lowest BCUT2D eigenvalue weighted by molar-refractivity contribution is 0.102. The van der Waals surface area contributed by atoms with Gasteiger partial charge in [0, 0.05) is 10.4 Å². The SMILES string of the molecule is O=C(Nc1ccc2sccc2c1)c1c(O)cccc1O. The molecule has 5 heteroatoms. The summed E-state index contributed by atoms with van der Waals surface area (Å²) in [6, 6.07) is 11.7. The molecule has 0 aliphatic heterocycles. The van der Waals surface area contributed by atoms with E-state index >= 15 is 0 Å². The van der Waals surface area contributed by atoms with Gasteiger partial charge >= 0.3 is 0 Å². The molecule has 0 unspecified atom stereocenters. The van der Waals surface area contributed by atoms with E-state index in [1.165, 1.54) is 18.2 Å². The summed E-state index contributed by atoms with van der Waals surface area (Å²) < 4.78 is 1.13. The summed E-state index contributed by atoms with van der Waals surface area (Å²) in [5.41, 5.74) is 0.487. The van der Waals surface area contributed by atoms with Gasteiger partial charge in [0.05, 0.1) is 0 Å². The predicted octanol–water partition coefficient (Wildman–Crippen LogP) is 3.56. The summed E-state index contributed by atoms with van der Waals surface area (Å²) in [5, 5.41) is 25.0. The van der Waals surface area contributed by atoms with Crippen LogP contribution in [0.1, 0.15) is 10.4 Å². The van der Waals surface area contributed by atoms with E-state index in [1.54, 1.807) is 17.4 Å². The zero-order chi connectivity index (χ0) is 14.1. The molecule has 3 aromatic rings. The van der Waals surface area contributed by atoms with Crippen molar-refractivity contribution in [1.82, 2.24) is 0 Å².